The van der Waals surface area contributed by atoms with E-state index in [0.29, 0.717) is 5.56 Å². The highest BCUT2D eigenvalue weighted by atomic mass is 32.2. The minimum Gasteiger partial charge on any atom is -0.465 e. The first-order valence-electron chi connectivity index (χ1n) is 6.17. The third kappa shape index (κ3) is 2.99. The van der Waals surface area contributed by atoms with Gasteiger partial charge in [0.05, 0.1) is 12.7 Å². The molecule has 0 bridgehead atoms. The van der Waals surface area contributed by atoms with Crippen LogP contribution in [0.3, 0.4) is 0 Å². The van der Waals surface area contributed by atoms with E-state index in [1.54, 1.807) is 11.8 Å². The minimum atomic E-state index is -0.284. The SMILES string of the molecule is CCSc1c(C(=O)OC)cccc1-c1ccccc1. The van der Waals surface area contributed by atoms with E-state index in [4.69, 9.17) is 4.74 Å². The van der Waals surface area contributed by atoms with Gasteiger partial charge in [-0.05, 0) is 22.9 Å². The van der Waals surface area contributed by atoms with E-state index in [9.17, 15) is 4.79 Å². The number of benzene rings is 2. The molecule has 3 heteroatoms. The van der Waals surface area contributed by atoms with Crippen LogP contribution >= 0.6 is 11.8 Å². The molecule has 0 unspecified atom stereocenters. The van der Waals surface area contributed by atoms with Crippen LogP contribution in [0.15, 0.2) is 53.4 Å². The summed E-state index contributed by atoms with van der Waals surface area (Å²) >= 11 is 1.67. The average Bonchev–Trinajstić information content (AvgIpc) is 2.48. The van der Waals surface area contributed by atoms with Gasteiger partial charge in [0.2, 0.25) is 0 Å². The number of rotatable bonds is 4. The van der Waals surface area contributed by atoms with Crippen LogP contribution in [0.2, 0.25) is 0 Å². The van der Waals surface area contributed by atoms with Gasteiger partial charge in [-0.3, -0.25) is 0 Å². The van der Waals surface area contributed by atoms with Gasteiger partial charge in [0.25, 0.3) is 0 Å². The lowest BCUT2D eigenvalue weighted by Gasteiger charge is -2.12. The highest BCUT2D eigenvalue weighted by Gasteiger charge is 2.16. The molecule has 0 aliphatic carbocycles. The maximum absolute atomic E-state index is 11.9. The molecule has 0 radical (unpaired) electrons. The number of carbonyl (C=O) groups is 1. The highest BCUT2D eigenvalue weighted by Crippen LogP contribution is 2.34. The van der Waals surface area contributed by atoms with Crippen LogP contribution in [0.1, 0.15) is 17.3 Å². The van der Waals surface area contributed by atoms with Gasteiger partial charge >= 0.3 is 5.97 Å². The Morgan fingerprint density at radius 1 is 1.11 bits per heavy atom. The van der Waals surface area contributed by atoms with Crippen molar-refractivity contribution in [2.75, 3.05) is 12.9 Å². The summed E-state index contributed by atoms with van der Waals surface area (Å²) in [6, 6.07) is 15.8. The van der Waals surface area contributed by atoms with Gasteiger partial charge in [-0.2, -0.15) is 0 Å². The number of esters is 1. The summed E-state index contributed by atoms with van der Waals surface area (Å²) in [7, 11) is 1.41. The van der Waals surface area contributed by atoms with Crippen LogP contribution in [0, 0.1) is 0 Å². The summed E-state index contributed by atoms with van der Waals surface area (Å²) in [5, 5.41) is 0. The second-order valence-corrected chi connectivity index (χ2v) is 5.25. The van der Waals surface area contributed by atoms with Crippen LogP contribution in [-0.2, 0) is 4.74 Å². The number of ether oxygens (including phenoxy) is 1. The topological polar surface area (TPSA) is 26.3 Å². The molecule has 0 amide bonds. The molecular formula is C16H16O2S. The predicted molar refractivity (Wildman–Crippen MR) is 79.6 cm³/mol. The van der Waals surface area contributed by atoms with E-state index in [-0.39, 0.29) is 5.97 Å². The molecule has 0 saturated heterocycles. The first kappa shape index (κ1) is 13.7. The predicted octanol–water partition coefficient (Wildman–Crippen LogP) is 4.25. The zero-order chi connectivity index (χ0) is 13.7. The van der Waals surface area contributed by atoms with E-state index in [1.165, 1.54) is 7.11 Å². The minimum absolute atomic E-state index is 0.284. The Hall–Kier alpha value is -1.74. The Kier molecular flexibility index (Phi) is 4.63. The van der Waals surface area contributed by atoms with Gasteiger partial charge in [-0.1, -0.05) is 49.4 Å². The molecule has 2 nitrogen and oxygen atoms in total. The van der Waals surface area contributed by atoms with E-state index in [1.807, 2.05) is 36.4 Å². The zero-order valence-electron chi connectivity index (χ0n) is 11.1. The molecule has 0 saturated carbocycles. The van der Waals surface area contributed by atoms with Gasteiger partial charge in [-0.25, -0.2) is 4.79 Å². The van der Waals surface area contributed by atoms with Crippen molar-refractivity contribution in [3.63, 3.8) is 0 Å². The molecule has 98 valence electrons. The first-order valence-corrected chi connectivity index (χ1v) is 7.16. The van der Waals surface area contributed by atoms with Gasteiger partial charge in [0.15, 0.2) is 0 Å². The first-order chi connectivity index (χ1) is 9.27. The fraction of sp³-hybridized carbons (Fsp3) is 0.188. The van der Waals surface area contributed by atoms with Crippen molar-refractivity contribution >= 4 is 17.7 Å². The van der Waals surface area contributed by atoms with Gasteiger partial charge in [0.1, 0.15) is 0 Å². The van der Waals surface area contributed by atoms with Crippen molar-refractivity contribution in [3.8, 4) is 11.1 Å². The normalized spacial score (nSPS) is 10.2. The second-order valence-electron chi connectivity index (χ2n) is 3.97. The largest absolute Gasteiger partial charge is 0.465 e. The molecule has 0 aliphatic rings. The van der Waals surface area contributed by atoms with Gasteiger partial charge < -0.3 is 4.74 Å². The molecular weight excluding hydrogens is 256 g/mol. The molecule has 2 aromatic rings. The summed E-state index contributed by atoms with van der Waals surface area (Å²) in [5.74, 6) is 0.627. The summed E-state index contributed by atoms with van der Waals surface area (Å²) in [6.45, 7) is 2.08. The molecule has 2 aromatic carbocycles. The van der Waals surface area contributed by atoms with Crippen LogP contribution < -0.4 is 0 Å². The summed E-state index contributed by atoms with van der Waals surface area (Å²) in [4.78, 5) is 12.8. The Balaban J connectivity index is 2.58. The van der Waals surface area contributed by atoms with Crippen molar-refractivity contribution in [2.45, 2.75) is 11.8 Å². The number of thioether (sulfide) groups is 1. The Labute approximate surface area is 117 Å². The van der Waals surface area contributed by atoms with E-state index in [2.05, 4.69) is 19.1 Å². The molecule has 2 rings (SSSR count). The molecule has 0 heterocycles. The van der Waals surface area contributed by atoms with E-state index >= 15 is 0 Å². The zero-order valence-corrected chi connectivity index (χ0v) is 11.9. The molecule has 0 fully saturated rings. The van der Waals surface area contributed by atoms with Crippen molar-refractivity contribution in [2.24, 2.45) is 0 Å². The van der Waals surface area contributed by atoms with Crippen LogP contribution in [0.5, 0.6) is 0 Å². The maximum Gasteiger partial charge on any atom is 0.339 e. The third-order valence-electron chi connectivity index (χ3n) is 2.79. The van der Waals surface area contributed by atoms with Crippen molar-refractivity contribution in [1.29, 1.82) is 0 Å². The van der Waals surface area contributed by atoms with Crippen LogP contribution in [-0.4, -0.2) is 18.8 Å². The molecule has 0 aliphatic heterocycles. The monoisotopic (exact) mass is 272 g/mol. The Morgan fingerprint density at radius 2 is 1.84 bits per heavy atom. The van der Waals surface area contributed by atoms with E-state index < -0.39 is 0 Å². The fourth-order valence-electron chi connectivity index (χ4n) is 1.95. The quantitative estimate of drug-likeness (QED) is 0.614. The van der Waals surface area contributed by atoms with Crippen molar-refractivity contribution < 1.29 is 9.53 Å². The standard InChI is InChI=1S/C16H16O2S/c1-3-19-15-13(12-8-5-4-6-9-12)10-7-11-14(15)16(17)18-2/h4-11H,3H2,1-2H3. The molecule has 0 N–H and O–H groups in total. The van der Waals surface area contributed by atoms with Crippen LogP contribution in [0.4, 0.5) is 0 Å². The number of methoxy groups -OCH3 is 1. The summed E-state index contributed by atoms with van der Waals surface area (Å²) in [6.07, 6.45) is 0. The van der Waals surface area contributed by atoms with Gasteiger partial charge in [0, 0.05) is 4.90 Å². The smallest absolute Gasteiger partial charge is 0.339 e. The number of hydrogen-bond donors (Lipinski definition) is 0. The van der Waals surface area contributed by atoms with E-state index in [0.717, 1.165) is 21.8 Å². The average molecular weight is 272 g/mol. The Morgan fingerprint density at radius 3 is 2.47 bits per heavy atom. The fourth-order valence-corrected chi connectivity index (χ4v) is 2.89. The van der Waals surface area contributed by atoms with Crippen molar-refractivity contribution in [3.05, 3.63) is 54.1 Å². The highest BCUT2D eigenvalue weighted by molar-refractivity contribution is 7.99. The second kappa shape index (κ2) is 6.43. The lowest BCUT2D eigenvalue weighted by molar-refractivity contribution is 0.0597. The number of hydrogen-bond acceptors (Lipinski definition) is 3. The lowest BCUT2D eigenvalue weighted by Crippen LogP contribution is -2.04. The lowest BCUT2D eigenvalue weighted by atomic mass is 10.0. The Bertz CT molecular complexity index is 564. The van der Waals surface area contributed by atoms with Crippen molar-refractivity contribution in [1.82, 2.24) is 0 Å². The molecule has 0 spiro atoms. The molecule has 19 heavy (non-hydrogen) atoms. The summed E-state index contributed by atoms with van der Waals surface area (Å²) in [5.41, 5.74) is 2.83. The number of carbonyl (C=O) groups excluding carboxylic acids is 1. The van der Waals surface area contributed by atoms with Gasteiger partial charge in [-0.15, -0.1) is 11.8 Å². The van der Waals surface area contributed by atoms with Crippen LogP contribution in [0.25, 0.3) is 11.1 Å². The molecule has 0 aromatic heterocycles. The third-order valence-corrected chi connectivity index (χ3v) is 3.81. The summed E-state index contributed by atoms with van der Waals surface area (Å²) < 4.78 is 4.86. The maximum atomic E-state index is 11.9. The molecule has 0 atom stereocenters.